The van der Waals surface area contributed by atoms with E-state index in [0.717, 1.165) is 19.4 Å². The van der Waals surface area contributed by atoms with Crippen molar-refractivity contribution in [3.8, 4) is 5.75 Å². The van der Waals surface area contributed by atoms with Crippen LogP contribution in [0, 0.1) is 0 Å². The molecule has 1 aromatic rings. The molecule has 4 heteroatoms. The molecule has 0 aromatic heterocycles. The molecular weight excluding hydrogens is 192 g/mol. The van der Waals surface area contributed by atoms with E-state index in [4.69, 9.17) is 0 Å². The van der Waals surface area contributed by atoms with Crippen molar-refractivity contribution in [1.82, 2.24) is 5.32 Å². The second kappa shape index (κ2) is 4.31. The minimum absolute atomic E-state index is 0.0295. The van der Waals surface area contributed by atoms with Gasteiger partial charge in [0.15, 0.2) is 0 Å². The highest BCUT2D eigenvalue weighted by molar-refractivity contribution is 5.95. The Hall–Kier alpha value is -1.55. The van der Waals surface area contributed by atoms with Crippen molar-refractivity contribution < 1.29 is 9.90 Å². The summed E-state index contributed by atoms with van der Waals surface area (Å²) in [4.78, 5) is 11.7. The predicted molar refractivity (Wildman–Crippen MR) is 57.8 cm³/mol. The summed E-state index contributed by atoms with van der Waals surface area (Å²) >= 11 is 0. The fraction of sp³-hybridized carbons (Fsp3) is 0.364. The molecule has 0 radical (unpaired) electrons. The molecule has 2 rings (SSSR count). The molecule has 1 heterocycles. The zero-order chi connectivity index (χ0) is 10.7. The fourth-order valence-electron chi connectivity index (χ4n) is 1.72. The van der Waals surface area contributed by atoms with Gasteiger partial charge in [0.2, 0.25) is 5.91 Å². The summed E-state index contributed by atoms with van der Waals surface area (Å²) in [5, 5.41) is 15.1. The third-order valence-electron chi connectivity index (χ3n) is 2.49. The van der Waals surface area contributed by atoms with Gasteiger partial charge in [-0.15, -0.1) is 0 Å². The molecule has 1 atom stereocenters. The van der Waals surface area contributed by atoms with Crippen LogP contribution in [0.2, 0.25) is 0 Å². The third kappa shape index (κ3) is 2.47. The average Bonchev–Trinajstić information content (AvgIpc) is 2.70. The van der Waals surface area contributed by atoms with E-state index in [1.165, 1.54) is 6.07 Å². The minimum Gasteiger partial charge on any atom is -0.508 e. The molecule has 1 saturated heterocycles. The van der Waals surface area contributed by atoms with E-state index < -0.39 is 0 Å². The van der Waals surface area contributed by atoms with E-state index in [-0.39, 0.29) is 17.7 Å². The summed E-state index contributed by atoms with van der Waals surface area (Å²) in [6, 6.07) is 6.47. The standard InChI is InChI=1S/C11H14N2O2/c14-9-4-1-3-8(7-9)13-11(15)10-5-2-6-12-10/h1,3-4,7,10,12,14H,2,5-6H2,(H,13,15). The molecule has 15 heavy (non-hydrogen) atoms. The second-order valence-corrected chi connectivity index (χ2v) is 3.69. The molecule has 1 fully saturated rings. The topological polar surface area (TPSA) is 61.4 Å². The van der Waals surface area contributed by atoms with Gasteiger partial charge in [0.05, 0.1) is 6.04 Å². The lowest BCUT2D eigenvalue weighted by Crippen LogP contribution is -2.35. The van der Waals surface area contributed by atoms with Gasteiger partial charge in [-0.05, 0) is 31.5 Å². The van der Waals surface area contributed by atoms with Crippen molar-refractivity contribution in [1.29, 1.82) is 0 Å². The molecule has 0 aliphatic carbocycles. The highest BCUT2D eigenvalue weighted by Gasteiger charge is 2.21. The van der Waals surface area contributed by atoms with Crippen LogP contribution in [0.15, 0.2) is 24.3 Å². The first-order valence-corrected chi connectivity index (χ1v) is 5.09. The molecule has 80 valence electrons. The SMILES string of the molecule is O=C(Nc1cccc(O)c1)C1CCCN1. The van der Waals surface area contributed by atoms with Crippen LogP contribution in [0.4, 0.5) is 5.69 Å². The summed E-state index contributed by atoms with van der Waals surface area (Å²) in [5.41, 5.74) is 0.633. The van der Waals surface area contributed by atoms with Crippen molar-refractivity contribution in [2.75, 3.05) is 11.9 Å². The molecule has 0 saturated carbocycles. The number of phenolic OH excluding ortho intramolecular Hbond substituents is 1. The van der Waals surface area contributed by atoms with Gasteiger partial charge in [-0.25, -0.2) is 0 Å². The largest absolute Gasteiger partial charge is 0.508 e. The number of aromatic hydroxyl groups is 1. The van der Waals surface area contributed by atoms with Gasteiger partial charge in [0, 0.05) is 11.8 Å². The van der Waals surface area contributed by atoms with Crippen LogP contribution >= 0.6 is 0 Å². The summed E-state index contributed by atoms with van der Waals surface area (Å²) in [6.07, 6.45) is 1.92. The third-order valence-corrected chi connectivity index (χ3v) is 2.49. The average molecular weight is 206 g/mol. The number of amides is 1. The normalized spacial score (nSPS) is 20.1. The van der Waals surface area contributed by atoms with E-state index in [1.54, 1.807) is 18.2 Å². The number of carbonyl (C=O) groups is 1. The Balaban J connectivity index is 1.99. The Labute approximate surface area is 88.3 Å². The molecule has 3 N–H and O–H groups in total. The number of benzene rings is 1. The highest BCUT2D eigenvalue weighted by Crippen LogP contribution is 2.16. The maximum Gasteiger partial charge on any atom is 0.241 e. The molecule has 4 nitrogen and oxygen atoms in total. The number of carbonyl (C=O) groups excluding carboxylic acids is 1. The Morgan fingerprint density at radius 3 is 3.07 bits per heavy atom. The van der Waals surface area contributed by atoms with Crippen LogP contribution in [-0.4, -0.2) is 23.6 Å². The molecule has 1 unspecified atom stereocenters. The summed E-state index contributed by atoms with van der Waals surface area (Å²) in [6.45, 7) is 0.901. The number of anilines is 1. The molecular formula is C11H14N2O2. The van der Waals surface area contributed by atoms with E-state index >= 15 is 0 Å². The summed E-state index contributed by atoms with van der Waals surface area (Å²) in [5.74, 6) is 0.130. The van der Waals surface area contributed by atoms with Crippen LogP contribution in [0.25, 0.3) is 0 Å². The van der Waals surface area contributed by atoms with Crippen LogP contribution in [0.5, 0.6) is 5.75 Å². The second-order valence-electron chi connectivity index (χ2n) is 3.69. The van der Waals surface area contributed by atoms with Gasteiger partial charge in [-0.3, -0.25) is 4.79 Å². The van der Waals surface area contributed by atoms with Gasteiger partial charge in [-0.1, -0.05) is 6.07 Å². The predicted octanol–water partition coefficient (Wildman–Crippen LogP) is 1.08. The van der Waals surface area contributed by atoms with Gasteiger partial charge in [0.1, 0.15) is 5.75 Å². The van der Waals surface area contributed by atoms with Crippen molar-refractivity contribution >= 4 is 11.6 Å². The minimum atomic E-state index is -0.0904. The summed E-state index contributed by atoms with van der Waals surface area (Å²) < 4.78 is 0. The molecule has 1 aliphatic rings. The maximum absolute atomic E-state index is 11.7. The van der Waals surface area contributed by atoms with E-state index in [9.17, 15) is 9.90 Å². The Kier molecular flexibility index (Phi) is 2.87. The molecule has 0 spiro atoms. The molecule has 1 aromatic carbocycles. The van der Waals surface area contributed by atoms with E-state index in [1.807, 2.05) is 0 Å². The Morgan fingerprint density at radius 1 is 1.53 bits per heavy atom. The molecule has 1 aliphatic heterocycles. The van der Waals surface area contributed by atoms with Crippen LogP contribution < -0.4 is 10.6 Å². The monoisotopic (exact) mass is 206 g/mol. The Bertz CT molecular complexity index is 359. The maximum atomic E-state index is 11.7. The number of hydrogen-bond acceptors (Lipinski definition) is 3. The highest BCUT2D eigenvalue weighted by atomic mass is 16.3. The lowest BCUT2D eigenvalue weighted by Gasteiger charge is -2.10. The van der Waals surface area contributed by atoms with Gasteiger partial charge >= 0.3 is 0 Å². The van der Waals surface area contributed by atoms with Crippen molar-refractivity contribution in [3.05, 3.63) is 24.3 Å². The fourth-order valence-corrected chi connectivity index (χ4v) is 1.72. The van der Waals surface area contributed by atoms with E-state index in [0.29, 0.717) is 5.69 Å². The number of rotatable bonds is 2. The van der Waals surface area contributed by atoms with Crippen molar-refractivity contribution in [2.24, 2.45) is 0 Å². The smallest absolute Gasteiger partial charge is 0.241 e. The van der Waals surface area contributed by atoms with Gasteiger partial charge < -0.3 is 15.7 Å². The lowest BCUT2D eigenvalue weighted by molar-refractivity contribution is -0.117. The first-order valence-electron chi connectivity index (χ1n) is 5.09. The number of hydrogen-bond donors (Lipinski definition) is 3. The molecule has 1 amide bonds. The number of phenols is 1. The zero-order valence-corrected chi connectivity index (χ0v) is 8.36. The van der Waals surface area contributed by atoms with Crippen LogP contribution in [0.3, 0.4) is 0 Å². The van der Waals surface area contributed by atoms with Gasteiger partial charge in [-0.2, -0.15) is 0 Å². The van der Waals surface area contributed by atoms with Crippen molar-refractivity contribution in [3.63, 3.8) is 0 Å². The van der Waals surface area contributed by atoms with E-state index in [2.05, 4.69) is 10.6 Å². The van der Waals surface area contributed by atoms with Gasteiger partial charge in [0.25, 0.3) is 0 Å². The molecule has 0 bridgehead atoms. The first-order chi connectivity index (χ1) is 7.25. The van der Waals surface area contributed by atoms with Crippen LogP contribution in [-0.2, 0) is 4.79 Å². The quantitative estimate of drug-likeness (QED) is 0.678. The van der Waals surface area contributed by atoms with Crippen molar-refractivity contribution in [2.45, 2.75) is 18.9 Å². The zero-order valence-electron chi connectivity index (χ0n) is 8.36. The Morgan fingerprint density at radius 2 is 2.40 bits per heavy atom. The summed E-state index contributed by atoms with van der Waals surface area (Å²) in [7, 11) is 0. The van der Waals surface area contributed by atoms with Crippen LogP contribution in [0.1, 0.15) is 12.8 Å². The lowest BCUT2D eigenvalue weighted by atomic mass is 10.2. The first kappa shape index (κ1) is 9.98. The number of nitrogens with one attached hydrogen (secondary N) is 2.